The molecule has 0 bridgehead atoms. The Kier molecular flexibility index (Phi) is 14.3. The lowest BCUT2D eigenvalue weighted by molar-refractivity contribution is -0.0359. The number of carbonyl (C=O) groups is 1. The number of piperidine rings is 2. The van der Waals surface area contributed by atoms with Crippen LogP contribution in [0.1, 0.15) is 76.0 Å². The van der Waals surface area contributed by atoms with Gasteiger partial charge < -0.3 is 33.3 Å². The van der Waals surface area contributed by atoms with E-state index in [1.165, 1.54) is 18.4 Å². The number of methoxy groups -OCH3 is 1. The van der Waals surface area contributed by atoms with Crippen molar-refractivity contribution in [1.29, 1.82) is 0 Å². The summed E-state index contributed by atoms with van der Waals surface area (Å²) in [5.41, 5.74) is 2.71. The third-order valence-electron chi connectivity index (χ3n) is 10.6. The van der Waals surface area contributed by atoms with Crippen LogP contribution in [0.15, 0.2) is 84.9 Å². The normalized spacial score (nSPS) is 18.3. The molecular weight excluding hydrogens is 693 g/mol. The summed E-state index contributed by atoms with van der Waals surface area (Å²) in [4.78, 5) is 17.4. The van der Waals surface area contributed by atoms with Gasteiger partial charge in [0.1, 0.15) is 29.5 Å². The lowest BCUT2D eigenvalue weighted by atomic mass is 9.87. The fraction of sp³-hybridized carbons (Fsp3) is 0.500. The molecule has 0 spiro atoms. The van der Waals surface area contributed by atoms with Gasteiger partial charge in [-0.2, -0.15) is 0 Å². The van der Waals surface area contributed by atoms with Gasteiger partial charge in [0.05, 0.1) is 46.2 Å². The number of hydrogen-bond donors (Lipinski definition) is 0. The quantitative estimate of drug-likeness (QED) is 0.105. The van der Waals surface area contributed by atoms with Gasteiger partial charge in [-0.3, -0.25) is 4.90 Å². The van der Waals surface area contributed by atoms with E-state index in [1.807, 2.05) is 57.2 Å². The highest BCUT2D eigenvalue weighted by molar-refractivity contribution is 5.84. The third-order valence-corrected chi connectivity index (χ3v) is 10.6. The predicted molar refractivity (Wildman–Crippen MR) is 217 cm³/mol. The standard InChI is InChI=1S/C46H60N2O7/c1-34-19-22-47(23-20-34)25-28-53-41-18-13-36-12-11-35(29-39(36)30-41)32-54-44-31-48(45(49)55-46(2,3)4)24-21-42(44)37-14-16-40(17-15-37)52-27-8-26-51-33-38-9-6-7-10-43(38)50-5/h6-7,9-18,29-30,34,42,44H,8,19-28,31-33H2,1-5H3/t42-,44+/m1/s1. The first kappa shape index (κ1) is 40.4. The molecule has 0 N–H and O–H groups in total. The van der Waals surface area contributed by atoms with E-state index < -0.39 is 5.60 Å². The molecule has 9 heteroatoms. The zero-order valence-corrected chi connectivity index (χ0v) is 33.5. The summed E-state index contributed by atoms with van der Waals surface area (Å²) in [6, 6.07) is 29.0. The van der Waals surface area contributed by atoms with E-state index in [4.69, 9.17) is 28.4 Å². The van der Waals surface area contributed by atoms with Crippen LogP contribution in [0.25, 0.3) is 10.8 Å². The summed E-state index contributed by atoms with van der Waals surface area (Å²) in [5.74, 6) is 3.48. The van der Waals surface area contributed by atoms with E-state index in [0.717, 1.165) is 77.5 Å². The van der Waals surface area contributed by atoms with Gasteiger partial charge >= 0.3 is 6.09 Å². The van der Waals surface area contributed by atoms with Crippen LogP contribution in [0, 0.1) is 5.92 Å². The average molecular weight is 753 g/mol. The molecule has 2 aliphatic rings. The number of ether oxygens (including phenoxy) is 6. The Labute approximate surface area is 327 Å². The van der Waals surface area contributed by atoms with Gasteiger partial charge in [-0.1, -0.05) is 55.5 Å². The molecule has 9 nitrogen and oxygen atoms in total. The zero-order valence-electron chi connectivity index (χ0n) is 33.5. The van der Waals surface area contributed by atoms with Gasteiger partial charge in [0.25, 0.3) is 0 Å². The summed E-state index contributed by atoms with van der Waals surface area (Å²) < 4.78 is 36.0. The second kappa shape index (κ2) is 19.5. The van der Waals surface area contributed by atoms with Crippen LogP contribution in [0.4, 0.5) is 4.79 Å². The minimum Gasteiger partial charge on any atom is -0.496 e. The molecule has 0 saturated carbocycles. The van der Waals surface area contributed by atoms with Gasteiger partial charge in [-0.25, -0.2) is 4.79 Å². The minimum absolute atomic E-state index is 0.111. The van der Waals surface area contributed by atoms with E-state index in [1.54, 1.807) is 12.0 Å². The Morgan fingerprint density at radius 2 is 1.53 bits per heavy atom. The molecule has 2 saturated heterocycles. The fourth-order valence-corrected chi connectivity index (χ4v) is 7.36. The van der Waals surface area contributed by atoms with E-state index in [9.17, 15) is 4.79 Å². The summed E-state index contributed by atoms with van der Waals surface area (Å²) in [6.45, 7) is 15.1. The first-order valence-electron chi connectivity index (χ1n) is 20.0. The lowest BCUT2D eigenvalue weighted by Gasteiger charge is -2.39. The number of amides is 1. The second-order valence-corrected chi connectivity index (χ2v) is 16.0. The molecule has 296 valence electrons. The first-order chi connectivity index (χ1) is 26.6. The molecule has 0 aromatic heterocycles. The smallest absolute Gasteiger partial charge is 0.410 e. The Morgan fingerprint density at radius 3 is 2.31 bits per heavy atom. The van der Waals surface area contributed by atoms with Crippen LogP contribution >= 0.6 is 0 Å². The molecule has 55 heavy (non-hydrogen) atoms. The number of hydrogen-bond acceptors (Lipinski definition) is 8. The third kappa shape index (κ3) is 12.1. The largest absolute Gasteiger partial charge is 0.496 e. The Hall–Kier alpha value is -4.31. The predicted octanol–water partition coefficient (Wildman–Crippen LogP) is 9.25. The number of carbonyl (C=O) groups excluding carboxylic acids is 1. The summed E-state index contributed by atoms with van der Waals surface area (Å²) in [7, 11) is 1.67. The van der Waals surface area contributed by atoms with Crippen LogP contribution in [-0.2, 0) is 27.4 Å². The van der Waals surface area contributed by atoms with Crippen LogP contribution < -0.4 is 14.2 Å². The molecule has 2 atom stereocenters. The number of rotatable bonds is 16. The number of nitrogens with zero attached hydrogens (tertiary/aromatic N) is 2. The van der Waals surface area contributed by atoms with Crippen molar-refractivity contribution in [3.05, 3.63) is 102 Å². The molecule has 0 unspecified atom stereocenters. The lowest BCUT2D eigenvalue weighted by Crippen LogP contribution is -2.48. The van der Waals surface area contributed by atoms with Crippen molar-refractivity contribution >= 4 is 16.9 Å². The van der Waals surface area contributed by atoms with E-state index in [2.05, 4.69) is 60.4 Å². The van der Waals surface area contributed by atoms with Gasteiger partial charge in [0, 0.05) is 31.0 Å². The van der Waals surface area contributed by atoms with Crippen LogP contribution in [-0.4, -0.2) is 87.3 Å². The van der Waals surface area contributed by atoms with Gasteiger partial charge in [-0.15, -0.1) is 0 Å². The average Bonchev–Trinajstić information content (AvgIpc) is 3.18. The maximum Gasteiger partial charge on any atom is 0.410 e. The molecule has 2 aliphatic heterocycles. The van der Waals surface area contributed by atoms with Crippen molar-refractivity contribution in [2.24, 2.45) is 5.92 Å². The Balaban J connectivity index is 1.04. The van der Waals surface area contributed by atoms with Gasteiger partial charge in [0.2, 0.25) is 0 Å². The molecule has 0 aliphatic carbocycles. The van der Waals surface area contributed by atoms with Crippen molar-refractivity contribution in [2.75, 3.05) is 59.7 Å². The van der Waals surface area contributed by atoms with Crippen LogP contribution in [0.5, 0.6) is 17.2 Å². The van der Waals surface area contributed by atoms with Crippen molar-refractivity contribution in [2.45, 2.75) is 84.2 Å². The summed E-state index contributed by atoms with van der Waals surface area (Å²) in [5, 5.41) is 2.29. The molecule has 2 heterocycles. The number of likely N-dealkylation sites (tertiary alicyclic amines) is 2. The van der Waals surface area contributed by atoms with E-state index in [0.29, 0.717) is 46.1 Å². The van der Waals surface area contributed by atoms with Gasteiger partial charge in [0.15, 0.2) is 0 Å². The number of benzene rings is 4. The fourth-order valence-electron chi connectivity index (χ4n) is 7.36. The highest BCUT2D eigenvalue weighted by atomic mass is 16.6. The molecule has 4 aromatic carbocycles. The van der Waals surface area contributed by atoms with E-state index in [-0.39, 0.29) is 18.1 Å². The zero-order chi connectivity index (χ0) is 38.6. The maximum absolute atomic E-state index is 13.1. The van der Waals surface area contributed by atoms with Crippen LogP contribution in [0.2, 0.25) is 0 Å². The Morgan fingerprint density at radius 1 is 0.782 bits per heavy atom. The molecule has 6 rings (SSSR count). The monoisotopic (exact) mass is 752 g/mol. The van der Waals surface area contributed by atoms with Crippen LogP contribution in [0.3, 0.4) is 0 Å². The second-order valence-electron chi connectivity index (χ2n) is 16.0. The maximum atomic E-state index is 13.1. The highest BCUT2D eigenvalue weighted by Crippen LogP contribution is 2.33. The van der Waals surface area contributed by atoms with Crippen molar-refractivity contribution < 1.29 is 33.2 Å². The summed E-state index contributed by atoms with van der Waals surface area (Å²) in [6.07, 6.45) is 3.57. The molecule has 0 radical (unpaired) electrons. The van der Waals surface area contributed by atoms with Crippen molar-refractivity contribution in [3.8, 4) is 17.2 Å². The first-order valence-corrected chi connectivity index (χ1v) is 20.0. The van der Waals surface area contributed by atoms with Crippen molar-refractivity contribution in [1.82, 2.24) is 9.80 Å². The highest BCUT2D eigenvalue weighted by Gasteiger charge is 2.35. The van der Waals surface area contributed by atoms with Gasteiger partial charge in [-0.05, 0) is 117 Å². The number of fused-ring (bicyclic) bond motifs is 1. The van der Waals surface area contributed by atoms with E-state index >= 15 is 0 Å². The molecular formula is C46H60N2O7. The molecule has 2 fully saturated rings. The topological polar surface area (TPSA) is 78.9 Å². The number of para-hydroxylation sites is 1. The van der Waals surface area contributed by atoms with Crippen molar-refractivity contribution in [3.63, 3.8) is 0 Å². The Bertz CT molecular complexity index is 1800. The molecule has 1 amide bonds. The SMILES string of the molecule is COc1ccccc1COCCCOc1ccc([C@H]2CCN(C(=O)OC(C)(C)C)C[C@@H]2OCc2ccc3ccc(OCCN4CCC(C)CC4)cc3c2)cc1. The summed E-state index contributed by atoms with van der Waals surface area (Å²) >= 11 is 0. The minimum atomic E-state index is -0.568. The molecule has 4 aromatic rings.